The molecule has 0 saturated carbocycles. The molecule has 0 aliphatic carbocycles. The molecule has 1 aromatic heterocycles. The molecule has 0 saturated heterocycles. The highest BCUT2D eigenvalue weighted by Crippen LogP contribution is 2.38. The first-order valence-electron chi connectivity index (χ1n) is 14.8. The Bertz CT molecular complexity index is 1060. The van der Waals surface area contributed by atoms with Gasteiger partial charge >= 0.3 is 0 Å². The zero-order valence-corrected chi connectivity index (χ0v) is 26.3. The third-order valence-electron chi connectivity index (χ3n) is 6.82. The van der Waals surface area contributed by atoms with Gasteiger partial charge in [-0.15, -0.1) is 0 Å². The predicted octanol–water partition coefficient (Wildman–Crippen LogP) is 3.42. The number of ether oxygens (including phenoxy) is 7. The van der Waals surface area contributed by atoms with E-state index in [1.165, 1.54) is 0 Å². The quantitative estimate of drug-likeness (QED) is 0.201. The van der Waals surface area contributed by atoms with Gasteiger partial charge in [-0.05, 0) is 45.4 Å². The van der Waals surface area contributed by atoms with Crippen molar-refractivity contribution in [1.82, 2.24) is 19.4 Å². The van der Waals surface area contributed by atoms with E-state index < -0.39 is 0 Å². The van der Waals surface area contributed by atoms with Gasteiger partial charge in [-0.25, -0.2) is 4.98 Å². The first-order valence-corrected chi connectivity index (χ1v) is 14.8. The van der Waals surface area contributed by atoms with Crippen molar-refractivity contribution < 1.29 is 33.2 Å². The summed E-state index contributed by atoms with van der Waals surface area (Å²) < 4.78 is 42.2. The smallest absolute Gasteiger partial charge is 0.203 e. The molecule has 12 heteroatoms. The molecule has 2 heterocycles. The van der Waals surface area contributed by atoms with Crippen molar-refractivity contribution in [1.29, 1.82) is 0 Å². The summed E-state index contributed by atoms with van der Waals surface area (Å²) in [6, 6.07) is 3.96. The van der Waals surface area contributed by atoms with Gasteiger partial charge in [-0.2, -0.15) is 0 Å². The number of rotatable bonds is 21. The van der Waals surface area contributed by atoms with Crippen LogP contribution in [0, 0.1) is 0 Å². The van der Waals surface area contributed by atoms with Gasteiger partial charge in [-0.3, -0.25) is 9.89 Å². The molecule has 12 nitrogen and oxygen atoms in total. The Morgan fingerprint density at radius 1 is 0.786 bits per heavy atom. The molecule has 0 N–H and O–H groups in total. The molecule has 0 bridgehead atoms. The Balaban J connectivity index is 1.88. The molecule has 1 aliphatic rings. The van der Waals surface area contributed by atoms with Gasteiger partial charge in [0.05, 0.1) is 54.1 Å². The Hall–Kier alpha value is -2.90. The van der Waals surface area contributed by atoms with Crippen molar-refractivity contribution >= 4 is 5.84 Å². The van der Waals surface area contributed by atoms with Crippen LogP contribution in [0.2, 0.25) is 0 Å². The van der Waals surface area contributed by atoms with Crippen LogP contribution in [0.15, 0.2) is 29.5 Å². The lowest BCUT2D eigenvalue weighted by molar-refractivity contribution is -0.143. The van der Waals surface area contributed by atoms with Crippen LogP contribution >= 0.6 is 0 Å². The van der Waals surface area contributed by atoms with E-state index in [1.807, 2.05) is 52.2 Å². The molecule has 2 aromatic rings. The Labute approximate surface area is 250 Å². The van der Waals surface area contributed by atoms with Gasteiger partial charge in [0.2, 0.25) is 5.75 Å². The Kier molecular flexibility index (Phi) is 14.3. The number of hydrogen-bond acceptors (Lipinski definition) is 11. The average Bonchev–Trinajstić information content (AvgIpc) is 3.61. The number of nitrogens with zero attached hydrogens (tertiary/aromatic N) is 5. The summed E-state index contributed by atoms with van der Waals surface area (Å²) in [5.74, 6) is 3.68. The van der Waals surface area contributed by atoms with E-state index in [1.54, 1.807) is 21.3 Å². The lowest BCUT2D eigenvalue weighted by atomic mass is 10.1. The molecule has 0 fully saturated rings. The van der Waals surface area contributed by atoms with Crippen LogP contribution in [0.4, 0.5) is 0 Å². The Morgan fingerprint density at radius 3 is 1.93 bits per heavy atom. The predicted molar refractivity (Wildman–Crippen MR) is 160 cm³/mol. The van der Waals surface area contributed by atoms with Crippen LogP contribution in [-0.2, 0) is 38.6 Å². The molecule has 0 radical (unpaired) electrons. The van der Waals surface area contributed by atoms with E-state index in [2.05, 4.69) is 14.4 Å². The van der Waals surface area contributed by atoms with Crippen LogP contribution in [0.5, 0.6) is 17.2 Å². The Morgan fingerprint density at radius 2 is 1.38 bits per heavy atom. The van der Waals surface area contributed by atoms with Crippen molar-refractivity contribution in [2.75, 3.05) is 73.9 Å². The number of aliphatic imine (C=N–C) groups is 1. The fourth-order valence-corrected chi connectivity index (χ4v) is 4.98. The number of benzene rings is 1. The number of aromatic nitrogens is 2. The van der Waals surface area contributed by atoms with Gasteiger partial charge in [0.15, 0.2) is 24.1 Å². The van der Waals surface area contributed by atoms with E-state index in [9.17, 15) is 0 Å². The highest BCUT2D eigenvalue weighted by atomic mass is 16.7. The maximum atomic E-state index is 5.83. The minimum atomic E-state index is -0.347. The summed E-state index contributed by atoms with van der Waals surface area (Å²) in [7, 11) is 4.86. The highest BCUT2D eigenvalue weighted by Gasteiger charge is 2.25. The van der Waals surface area contributed by atoms with Crippen molar-refractivity contribution in [3.05, 3.63) is 35.9 Å². The second-order valence-corrected chi connectivity index (χ2v) is 9.60. The third-order valence-corrected chi connectivity index (χ3v) is 6.82. The standard InChI is InChI=1S/C30H49N5O7/c1-8-39-28(40-9-2)21-34-14-12-31-26(34)19-33(18-23-16-24(36-5)30(38-7)25(17-23)37-6)20-27-32-13-15-35(27)22-29(41-10-3)42-11-4/h12,14,16-17,28-29H,8-11,13,15,18-22H2,1-7H3. The molecule has 42 heavy (non-hydrogen) atoms. The third kappa shape index (κ3) is 9.56. The van der Waals surface area contributed by atoms with E-state index in [-0.39, 0.29) is 12.6 Å². The first kappa shape index (κ1) is 33.6. The minimum absolute atomic E-state index is 0.306. The molecule has 0 unspecified atom stereocenters. The van der Waals surface area contributed by atoms with Gasteiger partial charge in [-0.1, -0.05) is 0 Å². The van der Waals surface area contributed by atoms with E-state index in [4.69, 9.17) is 43.1 Å². The van der Waals surface area contributed by atoms with Crippen LogP contribution in [0.25, 0.3) is 0 Å². The normalized spacial score (nSPS) is 13.5. The van der Waals surface area contributed by atoms with Gasteiger partial charge in [0, 0.05) is 51.9 Å². The number of amidine groups is 1. The fourth-order valence-electron chi connectivity index (χ4n) is 4.98. The van der Waals surface area contributed by atoms with Crippen LogP contribution in [0.1, 0.15) is 39.1 Å². The van der Waals surface area contributed by atoms with Crippen molar-refractivity contribution in [3.63, 3.8) is 0 Å². The fraction of sp³-hybridized carbons (Fsp3) is 0.667. The molecule has 3 rings (SSSR count). The molecule has 0 spiro atoms. The molecular weight excluding hydrogens is 542 g/mol. The second-order valence-electron chi connectivity index (χ2n) is 9.60. The van der Waals surface area contributed by atoms with E-state index in [0.717, 1.165) is 30.3 Å². The monoisotopic (exact) mass is 591 g/mol. The summed E-state index contributed by atoms with van der Waals surface area (Å²) in [6.07, 6.45) is 3.13. The molecular formula is C30H49N5O7. The number of imidazole rings is 1. The van der Waals surface area contributed by atoms with Crippen LogP contribution in [-0.4, -0.2) is 112 Å². The topological polar surface area (TPSA) is 101 Å². The SMILES string of the molecule is CCOC(CN1CCN=C1CN(Cc1cc(OC)c(OC)c(OC)c1)Cc1nccn1CC(OCC)OCC)OCC. The molecule has 0 atom stereocenters. The summed E-state index contributed by atoms with van der Waals surface area (Å²) in [5.41, 5.74) is 1.01. The summed E-state index contributed by atoms with van der Waals surface area (Å²) in [4.78, 5) is 14.1. The number of methoxy groups -OCH3 is 3. The van der Waals surface area contributed by atoms with Crippen molar-refractivity contribution in [2.45, 2.75) is 59.9 Å². The van der Waals surface area contributed by atoms with Crippen LogP contribution in [0.3, 0.4) is 0 Å². The van der Waals surface area contributed by atoms with Gasteiger partial charge < -0.3 is 42.6 Å². The first-order chi connectivity index (χ1) is 20.5. The summed E-state index contributed by atoms with van der Waals surface area (Å²) in [6.45, 7) is 14.7. The molecule has 0 amide bonds. The zero-order valence-electron chi connectivity index (χ0n) is 26.3. The van der Waals surface area contributed by atoms with Crippen molar-refractivity contribution in [3.8, 4) is 17.2 Å². The molecule has 1 aromatic carbocycles. The van der Waals surface area contributed by atoms with Crippen LogP contribution < -0.4 is 14.2 Å². The number of hydrogen-bond donors (Lipinski definition) is 0. The average molecular weight is 592 g/mol. The zero-order chi connectivity index (χ0) is 30.3. The lowest BCUT2D eigenvalue weighted by Crippen LogP contribution is -2.43. The molecule has 1 aliphatic heterocycles. The van der Waals surface area contributed by atoms with E-state index >= 15 is 0 Å². The highest BCUT2D eigenvalue weighted by molar-refractivity contribution is 5.85. The molecule has 236 valence electrons. The maximum Gasteiger partial charge on any atom is 0.203 e. The van der Waals surface area contributed by atoms with Gasteiger partial charge in [0.25, 0.3) is 0 Å². The lowest BCUT2D eigenvalue weighted by Gasteiger charge is -2.30. The largest absolute Gasteiger partial charge is 0.493 e. The van der Waals surface area contributed by atoms with Crippen molar-refractivity contribution in [2.24, 2.45) is 4.99 Å². The minimum Gasteiger partial charge on any atom is -0.493 e. The van der Waals surface area contributed by atoms with E-state index in [0.29, 0.717) is 76.4 Å². The van der Waals surface area contributed by atoms with Gasteiger partial charge in [0.1, 0.15) is 11.7 Å². The summed E-state index contributed by atoms with van der Waals surface area (Å²) in [5, 5.41) is 0. The maximum absolute atomic E-state index is 5.83. The second kappa shape index (κ2) is 17.9. The summed E-state index contributed by atoms with van der Waals surface area (Å²) >= 11 is 0.